The monoisotopic (exact) mass is 428 g/mol. The van der Waals surface area contributed by atoms with Gasteiger partial charge in [-0.25, -0.2) is 17.2 Å². The van der Waals surface area contributed by atoms with Crippen molar-refractivity contribution in [2.75, 3.05) is 16.2 Å². The molecule has 154 valence electrons. The number of hydrogen-bond donors (Lipinski definition) is 1. The van der Waals surface area contributed by atoms with E-state index in [1.807, 2.05) is 6.07 Å². The van der Waals surface area contributed by atoms with Crippen molar-refractivity contribution in [1.29, 1.82) is 0 Å². The van der Waals surface area contributed by atoms with Crippen LogP contribution in [-0.2, 0) is 16.4 Å². The summed E-state index contributed by atoms with van der Waals surface area (Å²) in [7, 11) is -4.17. The first-order chi connectivity index (χ1) is 14.3. The van der Waals surface area contributed by atoms with Gasteiger partial charge in [0.15, 0.2) is 0 Å². The molecule has 4 rings (SSSR count). The standard InChI is InChI=1S/C22H18F2N2O3S/c23-17-12-18(24)14-20(13-17)30(28,29)25-19-8-9-21-16(11-19)7-4-10-26(21)22(27)15-5-2-1-3-6-15/h1-3,5-6,8-9,11-14,25H,4,7,10H2. The van der Waals surface area contributed by atoms with Crippen LogP contribution in [0.1, 0.15) is 22.3 Å². The Labute approximate surface area is 173 Å². The van der Waals surface area contributed by atoms with Crippen LogP contribution < -0.4 is 9.62 Å². The highest BCUT2D eigenvalue weighted by Gasteiger charge is 2.24. The predicted molar refractivity (Wildman–Crippen MR) is 110 cm³/mol. The number of sulfonamides is 1. The predicted octanol–water partition coefficient (Wildman–Crippen LogP) is 4.36. The molecule has 8 heteroatoms. The third-order valence-corrected chi connectivity index (χ3v) is 6.22. The number of benzene rings is 3. The van der Waals surface area contributed by atoms with E-state index in [1.165, 1.54) is 6.07 Å². The zero-order valence-corrected chi connectivity index (χ0v) is 16.6. The molecular weight excluding hydrogens is 410 g/mol. The number of rotatable bonds is 4. The minimum atomic E-state index is -4.17. The average molecular weight is 428 g/mol. The summed E-state index contributed by atoms with van der Waals surface area (Å²) in [5.41, 5.74) is 2.36. The first-order valence-corrected chi connectivity index (χ1v) is 10.8. The van der Waals surface area contributed by atoms with Crippen LogP contribution in [0.4, 0.5) is 20.2 Å². The zero-order valence-electron chi connectivity index (χ0n) is 15.8. The molecule has 0 fully saturated rings. The first-order valence-electron chi connectivity index (χ1n) is 9.32. The van der Waals surface area contributed by atoms with Gasteiger partial charge in [0.2, 0.25) is 0 Å². The molecule has 1 aliphatic rings. The van der Waals surface area contributed by atoms with E-state index in [0.717, 1.165) is 29.8 Å². The van der Waals surface area contributed by atoms with E-state index in [1.54, 1.807) is 41.3 Å². The second-order valence-electron chi connectivity index (χ2n) is 6.98. The number of carbonyl (C=O) groups excluding carboxylic acids is 1. The molecule has 30 heavy (non-hydrogen) atoms. The Bertz CT molecular complexity index is 1190. The molecule has 0 aromatic heterocycles. The van der Waals surface area contributed by atoms with E-state index in [4.69, 9.17) is 0 Å². The Balaban J connectivity index is 1.62. The molecule has 0 spiro atoms. The van der Waals surface area contributed by atoms with E-state index < -0.39 is 26.6 Å². The van der Waals surface area contributed by atoms with Gasteiger partial charge in [0.25, 0.3) is 15.9 Å². The molecule has 3 aromatic rings. The van der Waals surface area contributed by atoms with Crippen molar-refractivity contribution in [1.82, 2.24) is 0 Å². The smallest absolute Gasteiger partial charge is 0.262 e. The van der Waals surface area contributed by atoms with Gasteiger partial charge in [-0.3, -0.25) is 9.52 Å². The van der Waals surface area contributed by atoms with Crippen LogP contribution in [0.15, 0.2) is 71.6 Å². The molecule has 0 radical (unpaired) electrons. The average Bonchev–Trinajstić information content (AvgIpc) is 2.72. The lowest BCUT2D eigenvalue weighted by atomic mass is 10.00. The molecule has 3 aromatic carbocycles. The highest BCUT2D eigenvalue weighted by molar-refractivity contribution is 7.92. The summed E-state index contributed by atoms with van der Waals surface area (Å²) in [4.78, 5) is 14.0. The summed E-state index contributed by atoms with van der Waals surface area (Å²) < 4.78 is 54.2. The van der Waals surface area contributed by atoms with Gasteiger partial charge < -0.3 is 4.90 Å². The number of fused-ring (bicyclic) bond motifs is 1. The summed E-state index contributed by atoms with van der Waals surface area (Å²) in [6, 6.07) is 15.9. The van der Waals surface area contributed by atoms with Crippen molar-refractivity contribution in [3.05, 3.63) is 89.5 Å². The molecule has 0 saturated carbocycles. The van der Waals surface area contributed by atoms with Crippen LogP contribution in [-0.4, -0.2) is 20.9 Å². The SMILES string of the molecule is O=C(c1ccccc1)N1CCCc2cc(NS(=O)(=O)c3cc(F)cc(F)c3)ccc21. The maximum absolute atomic E-state index is 13.4. The second kappa shape index (κ2) is 7.87. The number of nitrogens with one attached hydrogen (secondary N) is 1. The quantitative estimate of drug-likeness (QED) is 0.672. The second-order valence-corrected chi connectivity index (χ2v) is 8.66. The van der Waals surface area contributed by atoms with Crippen LogP contribution in [0.2, 0.25) is 0 Å². The van der Waals surface area contributed by atoms with Crippen LogP contribution in [0.5, 0.6) is 0 Å². The summed E-state index contributed by atoms with van der Waals surface area (Å²) in [5, 5.41) is 0. The lowest BCUT2D eigenvalue weighted by Crippen LogP contribution is -2.35. The molecule has 5 nitrogen and oxygen atoms in total. The zero-order chi connectivity index (χ0) is 21.3. The fraction of sp³-hybridized carbons (Fsp3) is 0.136. The lowest BCUT2D eigenvalue weighted by Gasteiger charge is -2.30. The number of anilines is 2. The summed E-state index contributed by atoms with van der Waals surface area (Å²) in [5.74, 6) is -2.08. The topological polar surface area (TPSA) is 66.5 Å². The van der Waals surface area contributed by atoms with Crippen molar-refractivity contribution in [2.24, 2.45) is 0 Å². The Hall–Kier alpha value is -3.26. The number of nitrogens with zero attached hydrogens (tertiary/aromatic N) is 1. The number of carbonyl (C=O) groups is 1. The molecule has 1 amide bonds. The van der Waals surface area contributed by atoms with Crippen LogP contribution in [0.25, 0.3) is 0 Å². The first kappa shape index (κ1) is 20.0. The highest BCUT2D eigenvalue weighted by Crippen LogP contribution is 2.31. The van der Waals surface area contributed by atoms with Gasteiger partial charge in [-0.15, -0.1) is 0 Å². The van der Waals surface area contributed by atoms with E-state index >= 15 is 0 Å². The molecule has 1 aliphatic heterocycles. The molecule has 0 bridgehead atoms. The van der Waals surface area contributed by atoms with Gasteiger partial charge in [0, 0.05) is 29.5 Å². The minimum Gasteiger partial charge on any atom is -0.308 e. The number of aryl methyl sites for hydroxylation is 1. The largest absolute Gasteiger partial charge is 0.308 e. The Morgan fingerprint density at radius 2 is 1.63 bits per heavy atom. The molecule has 1 N–H and O–H groups in total. The molecule has 1 heterocycles. The van der Waals surface area contributed by atoms with E-state index in [-0.39, 0.29) is 11.6 Å². The lowest BCUT2D eigenvalue weighted by molar-refractivity contribution is 0.0985. The Morgan fingerprint density at radius 1 is 0.933 bits per heavy atom. The van der Waals surface area contributed by atoms with Crippen molar-refractivity contribution < 1.29 is 22.0 Å². The molecule has 0 aliphatic carbocycles. The van der Waals surface area contributed by atoms with Gasteiger partial charge >= 0.3 is 0 Å². The van der Waals surface area contributed by atoms with Crippen molar-refractivity contribution in [3.8, 4) is 0 Å². The molecule has 0 atom stereocenters. The van der Waals surface area contributed by atoms with Crippen molar-refractivity contribution in [3.63, 3.8) is 0 Å². The highest BCUT2D eigenvalue weighted by atomic mass is 32.2. The maximum Gasteiger partial charge on any atom is 0.262 e. The van der Waals surface area contributed by atoms with Gasteiger partial charge in [-0.2, -0.15) is 0 Å². The Kier molecular flexibility index (Phi) is 5.26. The van der Waals surface area contributed by atoms with Crippen molar-refractivity contribution in [2.45, 2.75) is 17.7 Å². The fourth-order valence-electron chi connectivity index (χ4n) is 3.51. The fourth-order valence-corrected chi connectivity index (χ4v) is 4.60. The summed E-state index contributed by atoms with van der Waals surface area (Å²) in [6.45, 7) is 0.564. The van der Waals surface area contributed by atoms with Gasteiger partial charge in [0.05, 0.1) is 4.90 Å². The Morgan fingerprint density at radius 3 is 2.33 bits per heavy atom. The third kappa shape index (κ3) is 4.04. The van der Waals surface area contributed by atoms with Gasteiger partial charge in [-0.05, 0) is 60.9 Å². The van der Waals surface area contributed by atoms with E-state index in [0.29, 0.717) is 24.6 Å². The number of amides is 1. The molecular formula is C22H18F2N2O3S. The molecule has 0 saturated heterocycles. The summed E-state index contributed by atoms with van der Waals surface area (Å²) in [6.07, 6.45) is 1.41. The number of hydrogen-bond acceptors (Lipinski definition) is 3. The normalized spacial score (nSPS) is 13.6. The van der Waals surface area contributed by atoms with Crippen LogP contribution >= 0.6 is 0 Å². The van der Waals surface area contributed by atoms with E-state index in [9.17, 15) is 22.0 Å². The van der Waals surface area contributed by atoms with Crippen LogP contribution in [0.3, 0.4) is 0 Å². The van der Waals surface area contributed by atoms with Crippen molar-refractivity contribution >= 4 is 27.3 Å². The van der Waals surface area contributed by atoms with Gasteiger partial charge in [0.1, 0.15) is 11.6 Å². The van der Waals surface area contributed by atoms with E-state index in [2.05, 4.69) is 4.72 Å². The minimum absolute atomic E-state index is 0.125. The van der Waals surface area contributed by atoms with Gasteiger partial charge in [-0.1, -0.05) is 18.2 Å². The summed E-state index contributed by atoms with van der Waals surface area (Å²) >= 11 is 0. The molecule has 0 unspecified atom stereocenters. The third-order valence-electron chi connectivity index (χ3n) is 4.86. The number of halogens is 2. The maximum atomic E-state index is 13.4. The van der Waals surface area contributed by atoms with Crippen LogP contribution in [0, 0.1) is 11.6 Å².